The molecule has 1 rings (SSSR count). The van der Waals surface area contributed by atoms with Gasteiger partial charge in [-0.15, -0.1) is 12.4 Å². The van der Waals surface area contributed by atoms with Gasteiger partial charge in [0.2, 0.25) is 0 Å². The zero-order chi connectivity index (χ0) is 14.6. The van der Waals surface area contributed by atoms with Gasteiger partial charge in [0.25, 0.3) is 0 Å². The van der Waals surface area contributed by atoms with Crippen LogP contribution in [0, 0.1) is 5.92 Å². The predicted octanol–water partition coefficient (Wildman–Crippen LogP) is 3.51. The molecule has 98 valence electrons. The van der Waals surface area contributed by atoms with Crippen LogP contribution in [-0.4, -0.2) is 30.6 Å². The summed E-state index contributed by atoms with van der Waals surface area (Å²) in [4.78, 5) is 1.41. The van der Waals surface area contributed by atoms with Gasteiger partial charge in [-0.25, -0.2) is 0 Å². The summed E-state index contributed by atoms with van der Waals surface area (Å²) in [6.07, 6.45) is 0.916. The number of rotatable bonds is 5. The highest BCUT2D eigenvalue weighted by atomic mass is 35.5. The number of hydrogen-bond donors (Lipinski definition) is 1. The highest BCUT2D eigenvalue weighted by Crippen LogP contribution is 2.30. The number of aromatic hydroxyl groups is 1. The van der Waals surface area contributed by atoms with E-state index in [9.17, 15) is 5.11 Å². The third-order valence-corrected chi connectivity index (χ3v) is 2.99. The van der Waals surface area contributed by atoms with E-state index >= 15 is 0 Å². The Kier molecular flexibility index (Phi) is 5.06. The first kappa shape index (κ1) is 11.4. The molecule has 0 radical (unpaired) electrons. The van der Waals surface area contributed by atoms with E-state index in [1.807, 2.05) is 12.1 Å². The first-order valence-electron chi connectivity index (χ1n) is 7.25. The molecular formula is C14H24ClNO. The number of nitrogens with zero attached hydrogens (tertiary/aromatic N) is 1. The van der Waals surface area contributed by atoms with Gasteiger partial charge in [0.15, 0.2) is 0 Å². The first-order valence-corrected chi connectivity index (χ1v) is 5.75. The van der Waals surface area contributed by atoms with Crippen molar-refractivity contribution in [3.63, 3.8) is 0 Å². The topological polar surface area (TPSA) is 23.5 Å². The number of benzene rings is 1. The minimum atomic E-state index is -2.05. The van der Waals surface area contributed by atoms with Crippen LogP contribution in [-0.2, 0) is 0 Å². The van der Waals surface area contributed by atoms with Crippen LogP contribution in [0.4, 0.5) is 0 Å². The van der Waals surface area contributed by atoms with Gasteiger partial charge < -0.3 is 10.0 Å². The van der Waals surface area contributed by atoms with E-state index in [1.165, 1.54) is 4.90 Å². The largest absolute Gasteiger partial charge is 0.508 e. The van der Waals surface area contributed by atoms with E-state index in [1.54, 1.807) is 19.2 Å². The fourth-order valence-electron chi connectivity index (χ4n) is 2.28. The Balaban J connectivity index is 0.00000361. The van der Waals surface area contributed by atoms with Gasteiger partial charge in [0, 0.05) is 10.7 Å². The molecular weight excluding hydrogens is 234 g/mol. The number of phenolic OH excluding ortho intramolecular Hbond substituents is 1. The van der Waals surface area contributed by atoms with Crippen LogP contribution in [0.3, 0.4) is 0 Å². The lowest BCUT2D eigenvalue weighted by atomic mass is 9.85. The lowest BCUT2D eigenvalue weighted by molar-refractivity contribution is 0.301. The van der Waals surface area contributed by atoms with Gasteiger partial charge >= 0.3 is 0 Å². The van der Waals surface area contributed by atoms with Gasteiger partial charge in [-0.1, -0.05) is 26.0 Å². The number of halogens is 1. The van der Waals surface area contributed by atoms with Gasteiger partial charge in [-0.05, 0) is 50.0 Å². The van der Waals surface area contributed by atoms with Crippen LogP contribution in [0.25, 0.3) is 0 Å². The molecule has 0 aliphatic rings. The third-order valence-electron chi connectivity index (χ3n) is 2.99. The van der Waals surface area contributed by atoms with E-state index in [0.717, 1.165) is 12.0 Å². The Morgan fingerprint density at radius 3 is 2.71 bits per heavy atom. The fraction of sp³-hybridized carbons (Fsp3) is 0.571. The summed E-state index contributed by atoms with van der Waals surface area (Å²) < 4.78 is 22.2. The van der Waals surface area contributed by atoms with E-state index < -0.39 is 6.98 Å². The van der Waals surface area contributed by atoms with Crippen molar-refractivity contribution in [2.45, 2.75) is 26.2 Å². The molecule has 0 amide bonds. The first-order chi connectivity index (χ1) is 8.75. The summed E-state index contributed by atoms with van der Waals surface area (Å²) in [7, 11) is 1.62. The number of hydrogen-bond acceptors (Lipinski definition) is 2. The smallest absolute Gasteiger partial charge is 0.115 e. The van der Waals surface area contributed by atoms with Crippen molar-refractivity contribution in [3.8, 4) is 5.75 Å². The maximum atomic E-state index is 9.55. The molecule has 2 nitrogen and oxygen atoms in total. The Labute approximate surface area is 115 Å². The molecule has 3 heteroatoms. The zero-order valence-corrected chi connectivity index (χ0v) is 11.5. The van der Waals surface area contributed by atoms with Crippen molar-refractivity contribution in [2.75, 3.05) is 20.6 Å². The monoisotopic (exact) mass is 260 g/mol. The number of phenols is 1. The lowest BCUT2D eigenvalue weighted by Crippen LogP contribution is -2.24. The maximum Gasteiger partial charge on any atom is 0.115 e. The Morgan fingerprint density at radius 1 is 1.47 bits per heavy atom. The van der Waals surface area contributed by atoms with E-state index in [2.05, 4.69) is 13.8 Å². The van der Waals surface area contributed by atoms with Gasteiger partial charge in [-0.3, -0.25) is 0 Å². The van der Waals surface area contributed by atoms with Gasteiger partial charge in [-0.2, -0.15) is 0 Å². The third kappa shape index (κ3) is 4.97. The van der Waals surface area contributed by atoms with Crippen LogP contribution in [0.2, 0.25) is 0 Å². The van der Waals surface area contributed by atoms with Crippen LogP contribution in [0.15, 0.2) is 24.3 Å². The van der Waals surface area contributed by atoms with Crippen molar-refractivity contribution in [3.05, 3.63) is 29.8 Å². The van der Waals surface area contributed by atoms with Crippen LogP contribution in [0.1, 0.15) is 35.9 Å². The molecule has 2 atom stereocenters. The molecule has 17 heavy (non-hydrogen) atoms. The normalized spacial score (nSPS) is 17.5. The predicted molar refractivity (Wildman–Crippen MR) is 76.1 cm³/mol. The molecule has 0 unspecified atom stereocenters. The minimum absolute atomic E-state index is 0. The second-order valence-corrected chi connectivity index (χ2v) is 4.47. The molecule has 0 aromatic heterocycles. The molecule has 0 saturated carbocycles. The van der Waals surface area contributed by atoms with Crippen molar-refractivity contribution in [1.29, 1.82) is 0 Å². The van der Waals surface area contributed by atoms with E-state index in [0.29, 0.717) is 6.54 Å². The van der Waals surface area contributed by atoms with Gasteiger partial charge in [0.1, 0.15) is 5.75 Å². The molecule has 0 spiro atoms. The quantitative estimate of drug-likeness (QED) is 0.876. The zero-order valence-electron chi connectivity index (χ0n) is 13.7. The Hall–Kier alpha value is -0.730. The summed E-state index contributed by atoms with van der Waals surface area (Å²) in [5, 5.41) is 9.55. The maximum absolute atomic E-state index is 9.55. The van der Waals surface area contributed by atoms with Crippen molar-refractivity contribution in [1.82, 2.24) is 4.90 Å². The summed E-state index contributed by atoms with van der Waals surface area (Å²) >= 11 is 0. The van der Waals surface area contributed by atoms with Crippen molar-refractivity contribution < 1.29 is 9.22 Å². The van der Waals surface area contributed by atoms with E-state index in [4.69, 9.17) is 4.11 Å². The second kappa shape index (κ2) is 7.57. The Morgan fingerprint density at radius 2 is 2.18 bits per heavy atom. The second-order valence-electron chi connectivity index (χ2n) is 4.47. The van der Waals surface area contributed by atoms with Crippen LogP contribution in [0.5, 0.6) is 5.75 Å². The summed E-state index contributed by atoms with van der Waals surface area (Å²) in [6.45, 7) is 2.59. The highest BCUT2D eigenvalue weighted by molar-refractivity contribution is 5.85. The average molecular weight is 261 g/mol. The average Bonchev–Trinajstić information content (AvgIpc) is 2.28. The molecule has 1 N–H and O–H groups in total. The van der Waals surface area contributed by atoms with Crippen LogP contribution >= 0.6 is 12.4 Å². The Bertz CT molecular complexity index is 412. The molecule has 0 heterocycles. The molecule has 0 saturated heterocycles. The fourth-order valence-corrected chi connectivity index (χ4v) is 2.28. The van der Waals surface area contributed by atoms with E-state index in [-0.39, 0.29) is 30.0 Å². The van der Waals surface area contributed by atoms with Crippen molar-refractivity contribution in [2.24, 2.45) is 5.92 Å². The summed E-state index contributed by atoms with van der Waals surface area (Å²) in [6, 6.07) is 7.22. The summed E-state index contributed by atoms with van der Waals surface area (Å²) in [5.74, 6) is 0.710. The SMILES string of the molecule is Cl.[2H]C([2H])([2H])N(C)C[C@H](C)[C@@H](CC)c1cccc(O)c1. The molecule has 1 aromatic carbocycles. The molecule has 0 bridgehead atoms. The van der Waals surface area contributed by atoms with Crippen molar-refractivity contribution >= 4 is 12.4 Å². The van der Waals surface area contributed by atoms with Crippen LogP contribution < -0.4 is 0 Å². The van der Waals surface area contributed by atoms with Gasteiger partial charge in [0.05, 0.1) is 0 Å². The summed E-state index contributed by atoms with van der Waals surface area (Å²) in [5.41, 5.74) is 1.06. The lowest BCUT2D eigenvalue weighted by Gasteiger charge is -2.26. The highest BCUT2D eigenvalue weighted by Gasteiger charge is 2.18. The molecule has 0 fully saturated rings. The minimum Gasteiger partial charge on any atom is -0.508 e. The molecule has 0 aliphatic carbocycles. The standard InChI is InChI=1S/C14H23NO.ClH/c1-5-14(11(2)10-15(3)4)12-7-6-8-13(16)9-12;/h6-9,11,14,16H,5,10H2,1-4H3;1H/t11-,14+;/m0./s1/i3D3;. The molecule has 1 aromatic rings. The molecule has 0 aliphatic heterocycles.